The zero-order chi connectivity index (χ0) is 14.5. The van der Waals surface area contributed by atoms with Crippen molar-refractivity contribution in [3.8, 4) is 0 Å². The van der Waals surface area contributed by atoms with E-state index in [1.54, 1.807) is 24.3 Å². The van der Waals surface area contributed by atoms with E-state index < -0.39 is 5.97 Å². The van der Waals surface area contributed by atoms with E-state index in [1.807, 2.05) is 31.2 Å². The third-order valence-electron chi connectivity index (χ3n) is 2.68. The first-order valence-electron chi connectivity index (χ1n) is 5.99. The van der Waals surface area contributed by atoms with Crippen LogP contribution in [0.2, 0.25) is 5.02 Å². The topological polar surface area (TPSA) is 66.3 Å². The van der Waals surface area contributed by atoms with Gasteiger partial charge in [0, 0.05) is 0 Å². The summed E-state index contributed by atoms with van der Waals surface area (Å²) in [6, 6.07) is 14.2. The van der Waals surface area contributed by atoms with Crippen molar-refractivity contribution in [1.82, 2.24) is 0 Å². The Bertz CT molecular complexity index is 668. The Labute approximate surface area is 121 Å². The third kappa shape index (κ3) is 3.36. The van der Waals surface area contributed by atoms with E-state index in [0.29, 0.717) is 5.02 Å². The maximum atomic E-state index is 11.8. The highest BCUT2D eigenvalue weighted by Gasteiger charge is 2.13. The van der Waals surface area contributed by atoms with Gasteiger partial charge in [-0.25, -0.2) is 4.79 Å². The number of carbonyl (C=O) groups excluding carboxylic acids is 1. The zero-order valence-electron chi connectivity index (χ0n) is 10.9. The number of benzene rings is 2. The Balaban J connectivity index is 2.13. The number of halogens is 1. The van der Waals surface area contributed by atoms with Crippen molar-refractivity contribution < 1.29 is 14.8 Å². The molecule has 0 fully saturated rings. The number of hydrogen-bond donors (Lipinski definition) is 2. The fraction of sp³-hybridized carbons (Fsp3) is 0.0667. The molecule has 0 saturated carbocycles. The number of rotatable bonds is 3. The molecule has 20 heavy (non-hydrogen) atoms. The molecule has 0 radical (unpaired) electrons. The predicted molar refractivity (Wildman–Crippen MR) is 77.3 cm³/mol. The van der Waals surface area contributed by atoms with E-state index in [4.69, 9.17) is 22.2 Å². The summed E-state index contributed by atoms with van der Waals surface area (Å²) in [5.74, 6) is -0.333. The first-order chi connectivity index (χ1) is 9.58. The van der Waals surface area contributed by atoms with Gasteiger partial charge in [-0.3, -0.25) is 10.6 Å². The Morgan fingerprint density at radius 1 is 1.20 bits per heavy atom. The van der Waals surface area contributed by atoms with Crippen molar-refractivity contribution in [3.63, 3.8) is 0 Å². The van der Waals surface area contributed by atoms with Crippen molar-refractivity contribution in [1.29, 1.82) is 0 Å². The molecule has 0 amide bonds. The summed E-state index contributed by atoms with van der Waals surface area (Å²) >= 11 is 5.91. The molecule has 0 spiro atoms. The lowest BCUT2D eigenvalue weighted by Gasteiger charge is -2.00. The molecule has 3 N–H and O–H groups in total. The van der Waals surface area contributed by atoms with Crippen LogP contribution in [-0.4, -0.2) is 11.8 Å². The van der Waals surface area contributed by atoms with Crippen molar-refractivity contribution >= 4 is 23.4 Å². The lowest BCUT2D eigenvalue weighted by molar-refractivity contribution is -0.721. The molecule has 2 aromatic rings. The summed E-state index contributed by atoms with van der Waals surface area (Å²) in [6.45, 7) is 1.95. The normalized spacial score (nSPS) is 11.2. The number of carbonyl (C=O) groups is 1. The van der Waals surface area contributed by atoms with Crippen LogP contribution in [0.4, 0.5) is 0 Å². The van der Waals surface area contributed by atoms with Gasteiger partial charge in [0.2, 0.25) is 0 Å². The summed E-state index contributed by atoms with van der Waals surface area (Å²) in [6.07, 6.45) is 0. The minimum absolute atomic E-state index is 0.258. The summed E-state index contributed by atoms with van der Waals surface area (Å²) in [5.41, 5.74) is 7.91. The van der Waals surface area contributed by atoms with Gasteiger partial charge in [-0.05, 0) is 31.2 Å². The molecule has 0 aliphatic carbocycles. The molecule has 102 valence electrons. The monoisotopic (exact) mass is 289 g/mol. The highest BCUT2D eigenvalue weighted by atomic mass is 35.5. The van der Waals surface area contributed by atoms with Crippen molar-refractivity contribution in [2.24, 2.45) is 5.73 Å². The number of aryl methyl sites for hydroxylation is 1. The molecule has 0 atom stereocenters. The molecule has 0 saturated heterocycles. The Morgan fingerprint density at radius 3 is 2.65 bits per heavy atom. The van der Waals surface area contributed by atoms with E-state index in [-0.39, 0.29) is 11.4 Å². The molecular weight excluding hydrogens is 276 g/mol. The Kier molecular flexibility index (Phi) is 4.38. The lowest BCUT2D eigenvalue weighted by atomic mass is 10.1. The average Bonchev–Trinajstić information content (AvgIpc) is 2.45. The molecule has 0 aliphatic heterocycles. The van der Waals surface area contributed by atoms with Crippen LogP contribution in [0.3, 0.4) is 0 Å². The molecule has 2 rings (SSSR count). The van der Waals surface area contributed by atoms with E-state index in [1.165, 1.54) is 0 Å². The number of nitrogens with two attached hydrogens (primary N) is 1. The summed E-state index contributed by atoms with van der Waals surface area (Å²) < 4.78 is 0. The van der Waals surface area contributed by atoms with Gasteiger partial charge < -0.3 is 0 Å². The van der Waals surface area contributed by atoms with Gasteiger partial charge in [0.1, 0.15) is 0 Å². The molecule has 0 bridgehead atoms. The van der Waals surface area contributed by atoms with Crippen LogP contribution in [0.1, 0.15) is 21.5 Å². The van der Waals surface area contributed by atoms with Crippen molar-refractivity contribution in [2.75, 3.05) is 0 Å². The van der Waals surface area contributed by atoms with Gasteiger partial charge >= 0.3 is 11.8 Å². The second-order valence-electron chi connectivity index (χ2n) is 4.25. The highest BCUT2D eigenvalue weighted by Crippen LogP contribution is 2.14. The molecular formula is C15H14ClN2O2+. The van der Waals surface area contributed by atoms with E-state index in [9.17, 15) is 4.79 Å². The van der Waals surface area contributed by atoms with Gasteiger partial charge in [0.25, 0.3) is 0 Å². The van der Waals surface area contributed by atoms with Gasteiger partial charge in [-0.1, -0.05) is 46.6 Å². The largest absolute Gasteiger partial charge is 0.389 e. The van der Waals surface area contributed by atoms with Crippen LogP contribution < -0.4 is 10.9 Å². The highest BCUT2D eigenvalue weighted by molar-refractivity contribution is 6.33. The van der Waals surface area contributed by atoms with Gasteiger partial charge in [0.15, 0.2) is 0 Å². The maximum absolute atomic E-state index is 11.8. The Morgan fingerprint density at radius 2 is 1.95 bits per heavy atom. The first kappa shape index (κ1) is 14.1. The number of nitrogens with one attached hydrogen (secondary N) is 1. The van der Waals surface area contributed by atoms with Crippen LogP contribution >= 0.6 is 11.6 Å². The minimum atomic E-state index is -0.591. The Hall–Kier alpha value is -2.33. The first-order valence-corrected chi connectivity index (χ1v) is 6.37. The molecule has 0 heterocycles. The minimum Gasteiger partial charge on any atom is -0.284 e. The molecule has 2 aromatic carbocycles. The van der Waals surface area contributed by atoms with Crippen molar-refractivity contribution in [3.05, 3.63) is 70.2 Å². The van der Waals surface area contributed by atoms with E-state index in [0.717, 1.165) is 11.1 Å². The lowest BCUT2D eigenvalue weighted by Crippen LogP contribution is -2.75. The van der Waals surface area contributed by atoms with Crippen LogP contribution in [-0.2, 0) is 4.84 Å². The molecule has 0 unspecified atom stereocenters. The summed E-state index contributed by atoms with van der Waals surface area (Å²) in [5, 5.41) is 2.77. The van der Waals surface area contributed by atoms with Gasteiger partial charge in [-0.15, -0.1) is 0 Å². The standard InChI is InChI=1S/C15H13ClN2O2/c1-10-5-4-6-11(9-10)14(17)18-20-15(19)12-7-2-3-8-13(12)16/h2-9H,1H3,(H2,17,18)/p+1. The zero-order valence-corrected chi connectivity index (χ0v) is 11.6. The van der Waals surface area contributed by atoms with Gasteiger partial charge in [-0.2, -0.15) is 0 Å². The number of hydrogen-bond acceptors (Lipinski definition) is 2. The van der Waals surface area contributed by atoms with E-state index in [2.05, 4.69) is 5.16 Å². The fourth-order valence-corrected chi connectivity index (χ4v) is 1.87. The van der Waals surface area contributed by atoms with Gasteiger partial charge in [0.05, 0.1) is 16.1 Å². The van der Waals surface area contributed by atoms with E-state index >= 15 is 0 Å². The van der Waals surface area contributed by atoms with Crippen molar-refractivity contribution in [2.45, 2.75) is 6.92 Å². The second-order valence-corrected chi connectivity index (χ2v) is 4.66. The summed E-state index contributed by atoms with van der Waals surface area (Å²) in [4.78, 5) is 16.8. The quantitative estimate of drug-likeness (QED) is 0.386. The smallest absolute Gasteiger partial charge is 0.284 e. The SMILES string of the molecule is Cc1cccc(C(N)=[NH+]OC(=O)c2ccccc2Cl)c1. The summed E-state index contributed by atoms with van der Waals surface area (Å²) in [7, 11) is 0. The fourth-order valence-electron chi connectivity index (χ4n) is 1.65. The average molecular weight is 290 g/mol. The van der Waals surface area contributed by atoms with Crippen LogP contribution in [0.5, 0.6) is 0 Å². The van der Waals surface area contributed by atoms with Crippen LogP contribution in [0, 0.1) is 6.92 Å². The van der Waals surface area contributed by atoms with Crippen LogP contribution in [0.15, 0.2) is 48.5 Å². The predicted octanol–water partition coefficient (Wildman–Crippen LogP) is 1.21. The van der Waals surface area contributed by atoms with Crippen LogP contribution in [0.25, 0.3) is 0 Å². The molecule has 0 aromatic heterocycles. The number of amidine groups is 1. The maximum Gasteiger partial charge on any atom is 0.389 e. The molecule has 5 heteroatoms. The second kappa shape index (κ2) is 6.21. The third-order valence-corrected chi connectivity index (χ3v) is 3.01. The molecule has 0 aliphatic rings. The molecule has 4 nitrogen and oxygen atoms in total. The number of nitrogen functional groups attached to an aromatic ring is 1.